The zero-order valence-corrected chi connectivity index (χ0v) is 21.7. The number of rotatable bonds is 11. The Hall–Kier alpha value is -2.93. The molecule has 0 saturated heterocycles. The second-order valence-electron chi connectivity index (χ2n) is 9.20. The molecule has 2 aromatic carbocycles. The molecule has 0 heterocycles. The molecule has 0 bridgehead atoms. The third-order valence-corrected chi connectivity index (χ3v) is 5.79. The van der Waals surface area contributed by atoms with Crippen molar-refractivity contribution in [2.45, 2.75) is 60.3 Å². The minimum Gasteiger partial charge on any atom is -0.493 e. The van der Waals surface area contributed by atoms with Gasteiger partial charge in [0, 0.05) is 23.2 Å². The number of hydrogen-bond donors (Lipinski definition) is 3. The number of hydrogen-bond acceptors (Lipinski definition) is 4. The van der Waals surface area contributed by atoms with Gasteiger partial charge in [-0.2, -0.15) is 0 Å². The molecule has 0 aliphatic heterocycles. The Kier molecular flexibility index (Phi) is 10.5. The molecule has 34 heavy (non-hydrogen) atoms. The second kappa shape index (κ2) is 13.1. The quantitative estimate of drug-likeness (QED) is 0.289. The van der Waals surface area contributed by atoms with Crippen LogP contribution in [0.25, 0.3) is 0 Å². The maximum Gasteiger partial charge on any atom is 0.251 e. The molecule has 3 N–H and O–H groups in total. The molecule has 2 amide bonds. The van der Waals surface area contributed by atoms with Gasteiger partial charge in [0.15, 0.2) is 5.11 Å². The van der Waals surface area contributed by atoms with E-state index in [-0.39, 0.29) is 16.9 Å². The summed E-state index contributed by atoms with van der Waals surface area (Å²) in [6.45, 7) is 11.1. The molecule has 0 unspecified atom stereocenters. The highest BCUT2D eigenvalue weighted by Crippen LogP contribution is 2.24. The van der Waals surface area contributed by atoms with Gasteiger partial charge in [-0.15, -0.1) is 0 Å². The van der Waals surface area contributed by atoms with Crippen LogP contribution >= 0.6 is 12.2 Å². The van der Waals surface area contributed by atoms with Crippen LogP contribution in [0.5, 0.6) is 5.75 Å². The first kappa shape index (κ1) is 27.3. The summed E-state index contributed by atoms with van der Waals surface area (Å²) in [6, 6.07) is 13.2. The van der Waals surface area contributed by atoms with Gasteiger partial charge in [0.2, 0.25) is 5.91 Å². The summed E-state index contributed by atoms with van der Waals surface area (Å²) in [5.74, 6) is 0.593. The van der Waals surface area contributed by atoms with Crippen LogP contribution in [0.15, 0.2) is 42.5 Å². The molecule has 0 aliphatic rings. The third kappa shape index (κ3) is 8.78. The zero-order chi connectivity index (χ0) is 25.1. The highest BCUT2D eigenvalue weighted by atomic mass is 32.1. The molecule has 0 fully saturated rings. The first-order chi connectivity index (χ1) is 16.1. The van der Waals surface area contributed by atoms with E-state index in [4.69, 9.17) is 17.0 Å². The van der Waals surface area contributed by atoms with E-state index in [2.05, 4.69) is 28.9 Å². The summed E-state index contributed by atoms with van der Waals surface area (Å²) in [4.78, 5) is 25.1. The van der Waals surface area contributed by atoms with Crippen molar-refractivity contribution in [3.8, 4) is 5.75 Å². The third-order valence-electron chi connectivity index (χ3n) is 5.59. The summed E-state index contributed by atoms with van der Waals surface area (Å²) in [6.07, 6.45) is 3.35. The number of benzene rings is 2. The Labute approximate surface area is 208 Å². The lowest BCUT2D eigenvalue weighted by molar-refractivity contribution is -0.128. The van der Waals surface area contributed by atoms with Crippen molar-refractivity contribution in [3.63, 3.8) is 0 Å². The molecule has 0 aliphatic carbocycles. The molecule has 2 aromatic rings. The minimum absolute atomic E-state index is 0.128. The average Bonchev–Trinajstić information content (AvgIpc) is 2.79. The molecule has 7 heteroatoms. The van der Waals surface area contributed by atoms with Gasteiger partial charge in [0.1, 0.15) is 5.75 Å². The fourth-order valence-corrected chi connectivity index (χ4v) is 3.54. The van der Waals surface area contributed by atoms with Gasteiger partial charge >= 0.3 is 0 Å². The number of carbonyl (C=O) groups is 2. The van der Waals surface area contributed by atoms with Crippen LogP contribution in [0.2, 0.25) is 0 Å². The van der Waals surface area contributed by atoms with Crippen LogP contribution < -0.4 is 20.7 Å². The molecule has 2 rings (SSSR count). The fourth-order valence-electron chi connectivity index (χ4n) is 3.33. The average molecular weight is 484 g/mol. The van der Waals surface area contributed by atoms with Gasteiger partial charge < -0.3 is 20.7 Å². The summed E-state index contributed by atoms with van der Waals surface area (Å²) >= 11 is 5.33. The van der Waals surface area contributed by atoms with E-state index in [1.54, 1.807) is 24.3 Å². The summed E-state index contributed by atoms with van der Waals surface area (Å²) < 4.78 is 5.91. The zero-order valence-electron chi connectivity index (χ0n) is 20.9. The number of amides is 2. The molecular weight excluding hydrogens is 446 g/mol. The Balaban J connectivity index is 1.82. The van der Waals surface area contributed by atoms with Crippen LogP contribution in [0, 0.1) is 19.3 Å². The predicted molar refractivity (Wildman–Crippen MR) is 142 cm³/mol. The van der Waals surface area contributed by atoms with E-state index in [1.165, 1.54) is 0 Å². The molecule has 0 radical (unpaired) electrons. The Morgan fingerprint density at radius 3 is 2.56 bits per heavy atom. The molecule has 0 aromatic heterocycles. The lowest BCUT2D eigenvalue weighted by Gasteiger charge is -2.24. The Bertz CT molecular complexity index is 1000. The number of unbranched alkanes of at least 4 members (excludes halogenated alkanes) is 1. The first-order valence-corrected chi connectivity index (χ1v) is 12.2. The van der Waals surface area contributed by atoms with Crippen LogP contribution in [0.1, 0.15) is 67.9 Å². The van der Waals surface area contributed by atoms with Crippen LogP contribution in [-0.4, -0.2) is 30.1 Å². The number of thiocarbonyl (C=S) groups is 1. The Morgan fingerprint density at radius 2 is 1.82 bits per heavy atom. The van der Waals surface area contributed by atoms with Crippen molar-refractivity contribution in [1.29, 1.82) is 0 Å². The minimum atomic E-state index is -0.613. The standard InChI is InChI=1S/C27H37N3O3S/c1-6-7-15-28-24(31)21-10-8-11-22(18-21)29-26(34)30-25(32)27(4,5)14-9-16-33-23-17-19(2)12-13-20(23)3/h8,10-13,17-18H,6-7,9,14-16H2,1-5H3,(H,28,31)(H2,29,30,32,34). The number of carbonyl (C=O) groups excluding carboxylic acids is 2. The number of ether oxygens (including phenoxy) is 1. The molecule has 184 valence electrons. The number of aryl methyl sites for hydroxylation is 2. The topological polar surface area (TPSA) is 79.5 Å². The monoisotopic (exact) mass is 483 g/mol. The van der Waals surface area contributed by atoms with Gasteiger partial charge in [-0.05, 0) is 80.7 Å². The van der Waals surface area contributed by atoms with Crippen LogP contribution in [-0.2, 0) is 4.79 Å². The highest BCUT2D eigenvalue weighted by Gasteiger charge is 2.28. The van der Waals surface area contributed by atoms with Crippen LogP contribution in [0.3, 0.4) is 0 Å². The van der Waals surface area contributed by atoms with Crippen molar-refractivity contribution >= 4 is 34.8 Å². The van der Waals surface area contributed by atoms with Gasteiger partial charge in [-0.3, -0.25) is 9.59 Å². The lowest BCUT2D eigenvalue weighted by Crippen LogP contribution is -2.42. The van der Waals surface area contributed by atoms with Gasteiger partial charge in [0.25, 0.3) is 5.91 Å². The van der Waals surface area contributed by atoms with Gasteiger partial charge in [-0.1, -0.05) is 45.4 Å². The van der Waals surface area contributed by atoms with E-state index < -0.39 is 5.41 Å². The van der Waals surface area contributed by atoms with Crippen molar-refractivity contribution in [1.82, 2.24) is 10.6 Å². The number of nitrogens with one attached hydrogen (secondary N) is 3. The van der Waals surface area contributed by atoms with Crippen molar-refractivity contribution in [3.05, 3.63) is 59.2 Å². The second-order valence-corrected chi connectivity index (χ2v) is 9.61. The van der Waals surface area contributed by atoms with Crippen LogP contribution in [0.4, 0.5) is 5.69 Å². The Morgan fingerprint density at radius 1 is 1.06 bits per heavy atom. The highest BCUT2D eigenvalue weighted by molar-refractivity contribution is 7.80. The van der Waals surface area contributed by atoms with Gasteiger partial charge in [0.05, 0.1) is 6.61 Å². The van der Waals surface area contributed by atoms with E-state index in [0.717, 1.165) is 36.1 Å². The summed E-state index contributed by atoms with van der Waals surface area (Å²) in [5, 5.41) is 8.87. The maximum atomic E-state index is 12.8. The normalized spacial score (nSPS) is 11.0. The van der Waals surface area contributed by atoms with Gasteiger partial charge in [-0.25, -0.2) is 0 Å². The first-order valence-electron chi connectivity index (χ1n) is 11.8. The van der Waals surface area contributed by atoms with E-state index in [1.807, 2.05) is 39.8 Å². The number of anilines is 1. The molecule has 0 spiro atoms. The van der Waals surface area contributed by atoms with Crippen molar-refractivity contribution in [2.75, 3.05) is 18.5 Å². The predicted octanol–water partition coefficient (Wildman–Crippen LogP) is 5.53. The van der Waals surface area contributed by atoms with Crippen molar-refractivity contribution < 1.29 is 14.3 Å². The molecule has 0 atom stereocenters. The maximum absolute atomic E-state index is 12.8. The van der Waals surface area contributed by atoms with Crippen molar-refractivity contribution in [2.24, 2.45) is 5.41 Å². The van der Waals surface area contributed by atoms with E-state index in [0.29, 0.717) is 30.8 Å². The molecule has 6 nitrogen and oxygen atoms in total. The summed E-state index contributed by atoms with van der Waals surface area (Å²) in [7, 11) is 0. The lowest BCUT2D eigenvalue weighted by atomic mass is 9.87. The molecule has 0 saturated carbocycles. The summed E-state index contributed by atoms with van der Waals surface area (Å²) in [5.41, 5.74) is 2.83. The fraction of sp³-hybridized carbons (Fsp3) is 0.444. The van der Waals surface area contributed by atoms with E-state index >= 15 is 0 Å². The van der Waals surface area contributed by atoms with E-state index in [9.17, 15) is 9.59 Å². The smallest absolute Gasteiger partial charge is 0.251 e. The molecular formula is C27H37N3O3S. The largest absolute Gasteiger partial charge is 0.493 e. The SMILES string of the molecule is CCCCNC(=O)c1cccc(NC(=S)NC(=O)C(C)(C)CCCOc2cc(C)ccc2C)c1.